The van der Waals surface area contributed by atoms with Crippen LogP contribution in [0.2, 0.25) is 0 Å². The van der Waals surface area contributed by atoms with Crippen molar-refractivity contribution in [2.45, 2.75) is 27.3 Å². The maximum atomic E-state index is 12.8. The molecular formula is C18H20N4O3. The maximum Gasteiger partial charge on any atom is 0.332 e. The summed E-state index contributed by atoms with van der Waals surface area (Å²) in [5, 5.41) is 0. The molecule has 0 amide bonds. The van der Waals surface area contributed by atoms with Gasteiger partial charge in [0.1, 0.15) is 0 Å². The molecule has 0 atom stereocenters. The first-order valence-corrected chi connectivity index (χ1v) is 7.94. The van der Waals surface area contributed by atoms with E-state index in [-0.39, 0.29) is 23.5 Å². The van der Waals surface area contributed by atoms with Crippen molar-refractivity contribution in [3.8, 4) is 0 Å². The van der Waals surface area contributed by atoms with Crippen molar-refractivity contribution in [2.75, 3.05) is 0 Å². The van der Waals surface area contributed by atoms with Gasteiger partial charge >= 0.3 is 5.69 Å². The Labute approximate surface area is 144 Å². The molecule has 130 valence electrons. The smallest absolute Gasteiger partial charge is 0.317 e. The van der Waals surface area contributed by atoms with Crippen molar-refractivity contribution in [1.82, 2.24) is 18.7 Å². The summed E-state index contributed by atoms with van der Waals surface area (Å²) < 4.78 is 3.83. The SMILES string of the molecule is Cc1cc(C)c(C(=O)Cn2cnc3c2c(=O)n(C)c(=O)n3C)cc1C. The molecule has 3 rings (SSSR count). The van der Waals surface area contributed by atoms with E-state index in [4.69, 9.17) is 0 Å². The summed E-state index contributed by atoms with van der Waals surface area (Å²) in [7, 11) is 2.97. The maximum absolute atomic E-state index is 12.8. The fourth-order valence-electron chi connectivity index (χ4n) is 3.02. The first-order chi connectivity index (χ1) is 11.7. The van der Waals surface area contributed by atoms with Crippen LogP contribution in [-0.2, 0) is 20.6 Å². The number of rotatable bonds is 3. The van der Waals surface area contributed by atoms with E-state index in [9.17, 15) is 14.4 Å². The zero-order valence-corrected chi connectivity index (χ0v) is 15.0. The van der Waals surface area contributed by atoms with Crippen molar-refractivity contribution in [3.05, 3.63) is 61.6 Å². The summed E-state index contributed by atoms with van der Waals surface area (Å²) in [4.78, 5) is 41.3. The van der Waals surface area contributed by atoms with Crippen molar-refractivity contribution in [2.24, 2.45) is 14.1 Å². The van der Waals surface area contributed by atoms with Crippen LogP contribution in [-0.4, -0.2) is 24.5 Å². The Bertz CT molecular complexity index is 1130. The molecule has 2 aromatic heterocycles. The monoisotopic (exact) mass is 340 g/mol. The number of aromatic nitrogens is 4. The van der Waals surface area contributed by atoms with Gasteiger partial charge < -0.3 is 4.57 Å². The van der Waals surface area contributed by atoms with Crippen molar-refractivity contribution in [1.29, 1.82) is 0 Å². The fourth-order valence-corrected chi connectivity index (χ4v) is 3.02. The number of hydrogen-bond donors (Lipinski definition) is 0. The molecule has 0 fully saturated rings. The number of hydrogen-bond acceptors (Lipinski definition) is 4. The van der Waals surface area contributed by atoms with Gasteiger partial charge in [0.25, 0.3) is 5.56 Å². The van der Waals surface area contributed by atoms with Gasteiger partial charge in [0.05, 0.1) is 12.9 Å². The summed E-state index contributed by atoms with van der Waals surface area (Å²) in [5.74, 6) is -0.101. The third kappa shape index (κ3) is 2.61. The lowest BCUT2D eigenvalue weighted by Crippen LogP contribution is -2.37. The first-order valence-electron chi connectivity index (χ1n) is 7.94. The van der Waals surface area contributed by atoms with Crippen LogP contribution in [0.1, 0.15) is 27.0 Å². The van der Waals surface area contributed by atoms with Crippen LogP contribution < -0.4 is 11.2 Å². The van der Waals surface area contributed by atoms with E-state index in [2.05, 4.69) is 4.98 Å². The van der Waals surface area contributed by atoms with Crippen LogP contribution in [0.3, 0.4) is 0 Å². The Balaban J connectivity index is 2.11. The number of ketones is 1. The van der Waals surface area contributed by atoms with E-state index in [0.717, 1.165) is 21.3 Å². The normalized spacial score (nSPS) is 11.2. The quantitative estimate of drug-likeness (QED) is 0.672. The van der Waals surface area contributed by atoms with Gasteiger partial charge in [0, 0.05) is 19.7 Å². The molecule has 25 heavy (non-hydrogen) atoms. The molecule has 2 heterocycles. The van der Waals surface area contributed by atoms with Crippen LogP contribution in [0, 0.1) is 20.8 Å². The second-order valence-electron chi connectivity index (χ2n) is 6.43. The van der Waals surface area contributed by atoms with E-state index in [1.54, 1.807) is 7.05 Å². The molecule has 0 aliphatic heterocycles. The highest BCUT2D eigenvalue weighted by Crippen LogP contribution is 2.17. The lowest BCUT2D eigenvalue weighted by Gasteiger charge is -2.10. The van der Waals surface area contributed by atoms with Crippen LogP contribution >= 0.6 is 0 Å². The van der Waals surface area contributed by atoms with Crippen LogP contribution in [0.15, 0.2) is 28.0 Å². The summed E-state index contributed by atoms with van der Waals surface area (Å²) in [6.45, 7) is 5.86. The molecule has 0 bridgehead atoms. The van der Waals surface area contributed by atoms with E-state index in [1.165, 1.54) is 22.5 Å². The van der Waals surface area contributed by atoms with E-state index >= 15 is 0 Å². The molecule has 0 aliphatic rings. The molecule has 0 unspecified atom stereocenters. The predicted octanol–water partition coefficient (Wildman–Crippen LogP) is 1.24. The van der Waals surface area contributed by atoms with Crippen molar-refractivity contribution in [3.63, 3.8) is 0 Å². The first kappa shape index (κ1) is 16.9. The summed E-state index contributed by atoms with van der Waals surface area (Å²) >= 11 is 0. The minimum absolute atomic E-state index is 0.00666. The third-order valence-corrected chi connectivity index (χ3v) is 4.67. The summed E-state index contributed by atoms with van der Waals surface area (Å²) in [6, 6.07) is 3.86. The largest absolute Gasteiger partial charge is 0.332 e. The van der Waals surface area contributed by atoms with Gasteiger partial charge in [-0.1, -0.05) is 6.07 Å². The van der Waals surface area contributed by atoms with Gasteiger partial charge in [0.2, 0.25) is 0 Å². The Morgan fingerprint density at radius 2 is 1.64 bits per heavy atom. The highest BCUT2D eigenvalue weighted by Gasteiger charge is 2.17. The van der Waals surface area contributed by atoms with Gasteiger partial charge in [-0.3, -0.25) is 18.7 Å². The molecule has 0 N–H and O–H groups in total. The van der Waals surface area contributed by atoms with Crippen LogP contribution in [0.25, 0.3) is 11.2 Å². The number of aryl methyl sites for hydroxylation is 4. The van der Waals surface area contributed by atoms with Crippen molar-refractivity contribution >= 4 is 16.9 Å². The van der Waals surface area contributed by atoms with E-state index in [0.29, 0.717) is 5.56 Å². The number of fused-ring (bicyclic) bond motifs is 1. The Morgan fingerprint density at radius 1 is 1.00 bits per heavy atom. The molecule has 0 spiro atoms. The van der Waals surface area contributed by atoms with Gasteiger partial charge in [-0.05, 0) is 43.5 Å². The second-order valence-corrected chi connectivity index (χ2v) is 6.43. The van der Waals surface area contributed by atoms with Gasteiger partial charge in [0.15, 0.2) is 16.9 Å². The third-order valence-electron chi connectivity index (χ3n) is 4.67. The number of Topliss-reactive ketones (excluding diaryl/α,β-unsaturated/α-hetero) is 1. The van der Waals surface area contributed by atoms with E-state index in [1.807, 2.05) is 32.9 Å². The topological polar surface area (TPSA) is 78.9 Å². The number of nitrogens with zero attached hydrogens (tertiary/aromatic N) is 4. The lowest BCUT2D eigenvalue weighted by atomic mass is 9.98. The molecular weight excluding hydrogens is 320 g/mol. The molecule has 0 aliphatic carbocycles. The summed E-state index contributed by atoms with van der Waals surface area (Å²) in [5.41, 5.74) is 3.33. The number of carbonyl (C=O) groups excluding carboxylic acids is 1. The zero-order chi connectivity index (χ0) is 18.5. The van der Waals surface area contributed by atoms with Gasteiger partial charge in [-0.25, -0.2) is 9.78 Å². The van der Waals surface area contributed by atoms with E-state index < -0.39 is 11.2 Å². The molecule has 1 aromatic carbocycles. The molecule has 0 radical (unpaired) electrons. The minimum atomic E-state index is -0.458. The second kappa shape index (κ2) is 5.84. The Morgan fingerprint density at radius 3 is 2.32 bits per heavy atom. The van der Waals surface area contributed by atoms with Gasteiger partial charge in [-0.15, -0.1) is 0 Å². The molecule has 0 saturated carbocycles. The Hall–Kier alpha value is -2.96. The van der Waals surface area contributed by atoms with Crippen LogP contribution in [0.5, 0.6) is 0 Å². The Kier molecular flexibility index (Phi) is 3.94. The van der Waals surface area contributed by atoms with Gasteiger partial charge in [-0.2, -0.15) is 0 Å². The summed E-state index contributed by atoms with van der Waals surface area (Å²) in [6.07, 6.45) is 1.43. The highest BCUT2D eigenvalue weighted by atomic mass is 16.2. The molecule has 7 nitrogen and oxygen atoms in total. The fraction of sp³-hybridized carbons (Fsp3) is 0.333. The molecule has 3 aromatic rings. The standard InChI is InChI=1S/C18H20N4O3/c1-10-6-12(3)13(7-11(10)2)14(23)8-22-9-19-16-15(22)17(24)21(5)18(25)20(16)4/h6-7,9H,8H2,1-5H3. The molecule has 0 saturated heterocycles. The van der Waals surface area contributed by atoms with Crippen molar-refractivity contribution < 1.29 is 4.79 Å². The molecule has 7 heteroatoms. The highest BCUT2D eigenvalue weighted by molar-refractivity contribution is 5.98. The lowest BCUT2D eigenvalue weighted by molar-refractivity contribution is 0.0972. The predicted molar refractivity (Wildman–Crippen MR) is 95.2 cm³/mol. The number of carbonyl (C=O) groups is 1. The zero-order valence-electron chi connectivity index (χ0n) is 15.0. The average Bonchev–Trinajstić information content (AvgIpc) is 2.98. The minimum Gasteiger partial charge on any atom is -0.317 e. The average molecular weight is 340 g/mol. The van der Waals surface area contributed by atoms with Crippen LogP contribution in [0.4, 0.5) is 0 Å². The number of benzene rings is 1. The number of imidazole rings is 1.